The van der Waals surface area contributed by atoms with Gasteiger partial charge in [0.1, 0.15) is 11.9 Å². The molecule has 0 amide bonds. The molecule has 5 heteroatoms. The minimum Gasteiger partial charge on any atom is -0.384 e. The predicted molar refractivity (Wildman–Crippen MR) is 48.3 cm³/mol. The van der Waals surface area contributed by atoms with E-state index in [2.05, 4.69) is 0 Å². The molecule has 2 nitrogen and oxygen atoms in total. The number of ketones is 1. The fourth-order valence-corrected chi connectivity index (χ4v) is 1.89. The van der Waals surface area contributed by atoms with Gasteiger partial charge in [-0.25, -0.2) is 0 Å². The second kappa shape index (κ2) is 4.96. The maximum absolute atomic E-state index is 11.9. The summed E-state index contributed by atoms with van der Waals surface area (Å²) in [5.41, 5.74) is 0. The smallest absolute Gasteiger partial charge is 0.384 e. The average Bonchev–Trinajstić information content (AvgIpc) is 2.64. The maximum Gasteiger partial charge on any atom is 0.414 e. The molecule has 0 aromatic rings. The summed E-state index contributed by atoms with van der Waals surface area (Å²) in [6, 6.07) is 0. The van der Waals surface area contributed by atoms with Crippen LogP contribution in [-0.4, -0.2) is 23.2 Å². The molecule has 1 rings (SSSR count). The number of rotatable bonds is 4. The molecule has 1 unspecified atom stereocenters. The van der Waals surface area contributed by atoms with Crippen LogP contribution in [-0.2, 0) is 4.79 Å². The standard InChI is InChI=1S/C10H15F3O2/c11-10(12,13)9(15)6-5-8(14)7-3-1-2-4-7/h7,9,15H,1-6H2. The van der Waals surface area contributed by atoms with Gasteiger partial charge in [-0.2, -0.15) is 13.2 Å². The van der Waals surface area contributed by atoms with Gasteiger partial charge in [-0.3, -0.25) is 4.79 Å². The van der Waals surface area contributed by atoms with E-state index in [-0.39, 0.29) is 18.1 Å². The highest BCUT2D eigenvalue weighted by Gasteiger charge is 2.38. The summed E-state index contributed by atoms with van der Waals surface area (Å²) >= 11 is 0. The largest absolute Gasteiger partial charge is 0.414 e. The molecular formula is C10H15F3O2. The van der Waals surface area contributed by atoms with Crippen LogP contribution < -0.4 is 0 Å². The molecule has 0 bridgehead atoms. The quantitative estimate of drug-likeness (QED) is 0.796. The fraction of sp³-hybridized carbons (Fsp3) is 0.900. The third-order valence-electron chi connectivity index (χ3n) is 2.85. The van der Waals surface area contributed by atoms with Gasteiger partial charge in [0, 0.05) is 12.3 Å². The van der Waals surface area contributed by atoms with Gasteiger partial charge in [0.2, 0.25) is 0 Å². The number of alkyl halides is 3. The van der Waals surface area contributed by atoms with E-state index in [1.165, 1.54) is 0 Å². The predicted octanol–water partition coefficient (Wildman–Crippen LogP) is 2.45. The van der Waals surface area contributed by atoms with Crippen LogP contribution in [0.1, 0.15) is 38.5 Å². The van der Waals surface area contributed by atoms with E-state index >= 15 is 0 Å². The number of aliphatic hydroxyl groups excluding tert-OH is 1. The third-order valence-corrected chi connectivity index (χ3v) is 2.85. The normalized spacial score (nSPS) is 20.5. The summed E-state index contributed by atoms with van der Waals surface area (Å²) < 4.78 is 35.7. The zero-order chi connectivity index (χ0) is 11.5. The average molecular weight is 224 g/mol. The lowest BCUT2D eigenvalue weighted by molar-refractivity contribution is -0.205. The number of hydrogen-bond donors (Lipinski definition) is 1. The van der Waals surface area contributed by atoms with Crippen molar-refractivity contribution >= 4 is 5.78 Å². The summed E-state index contributed by atoms with van der Waals surface area (Å²) in [5, 5.41) is 8.70. The first-order valence-electron chi connectivity index (χ1n) is 5.18. The third kappa shape index (κ3) is 3.81. The van der Waals surface area contributed by atoms with E-state index in [1.807, 2.05) is 0 Å². The molecule has 1 saturated carbocycles. The van der Waals surface area contributed by atoms with Crippen LogP contribution in [0.2, 0.25) is 0 Å². The van der Waals surface area contributed by atoms with Gasteiger partial charge >= 0.3 is 6.18 Å². The highest BCUT2D eigenvalue weighted by Crippen LogP contribution is 2.28. The Hall–Kier alpha value is -0.580. The molecule has 0 saturated heterocycles. The van der Waals surface area contributed by atoms with Gasteiger partial charge in [0.05, 0.1) is 0 Å². The van der Waals surface area contributed by atoms with Gasteiger partial charge in [0.25, 0.3) is 0 Å². The number of carbonyl (C=O) groups excluding carboxylic acids is 1. The van der Waals surface area contributed by atoms with Crippen molar-refractivity contribution in [3.8, 4) is 0 Å². The van der Waals surface area contributed by atoms with Gasteiger partial charge in [-0.05, 0) is 19.3 Å². The maximum atomic E-state index is 11.9. The molecule has 0 aromatic heterocycles. The molecule has 0 heterocycles. The Kier molecular flexibility index (Phi) is 4.13. The minimum absolute atomic E-state index is 0.0644. The number of halogens is 3. The highest BCUT2D eigenvalue weighted by atomic mass is 19.4. The first-order valence-corrected chi connectivity index (χ1v) is 5.18. The van der Waals surface area contributed by atoms with Crippen LogP contribution in [0.4, 0.5) is 13.2 Å². The Morgan fingerprint density at radius 3 is 2.33 bits per heavy atom. The van der Waals surface area contributed by atoms with Crippen molar-refractivity contribution in [2.75, 3.05) is 0 Å². The Bertz CT molecular complexity index is 219. The van der Waals surface area contributed by atoms with Crippen LogP contribution in [0.15, 0.2) is 0 Å². The molecule has 0 radical (unpaired) electrons. The van der Waals surface area contributed by atoms with E-state index in [0.717, 1.165) is 25.7 Å². The monoisotopic (exact) mass is 224 g/mol. The topological polar surface area (TPSA) is 37.3 Å². The summed E-state index contributed by atoms with van der Waals surface area (Å²) in [5.74, 6) is -0.193. The fourth-order valence-electron chi connectivity index (χ4n) is 1.89. The molecule has 0 spiro atoms. The van der Waals surface area contributed by atoms with E-state index in [4.69, 9.17) is 5.11 Å². The molecule has 1 fully saturated rings. The van der Waals surface area contributed by atoms with E-state index < -0.39 is 18.7 Å². The lowest BCUT2D eigenvalue weighted by atomic mass is 9.97. The Morgan fingerprint density at radius 1 is 1.33 bits per heavy atom. The first kappa shape index (κ1) is 12.5. The second-order valence-corrected chi connectivity index (χ2v) is 4.04. The van der Waals surface area contributed by atoms with Gasteiger partial charge in [-0.15, -0.1) is 0 Å². The number of hydrogen-bond acceptors (Lipinski definition) is 2. The van der Waals surface area contributed by atoms with Crippen molar-refractivity contribution in [1.29, 1.82) is 0 Å². The van der Waals surface area contributed by atoms with E-state index in [0.29, 0.717) is 0 Å². The van der Waals surface area contributed by atoms with Gasteiger partial charge < -0.3 is 5.11 Å². The van der Waals surface area contributed by atoms with Gasteiger partial charge in [0.15, 0.2) is 0 Å². The van der Waals surface area contributed by atoms with Gasteiger partial charge in [-0.1, -0.05) is 12.8 Å². The summed E-state index contributed by atoms with van der Waals surface area (Å²) in [4.78, 5) is 11.4. The van der Waals surface area contributed by atoms with E-state index in [1.54, 1.807) is 0 Å². The van der Waals surface area contributed by atoms with Crippen molar-refractivity contribution in [1.82, 2.24) is 0 Å². The lowest BCUT2D eigenvalue weighted by Gasteiger charge is -2.14. The van der Waals surface area contributed by atoms with Crippen LogP contribution in [0.3, 0.4) is 0 Å². The van der Waals surface area contributed by atoms with Crippen LogP contribution in [0.5, 0.6) is 0 Å². The Balaban J connectivity index is 2.27. The van der Waals surface area contributed by atoms with Crippen molar-refractivity contribution in [2.24, 2.45) is 5.92 Å². The summed E-state index contributed by atoms with van der Waals surface area (Å²) in [7, 11) is 0. The lowest BCUT2D eigenvalue weighted by Crippen LogP contribution is -2.29. The molecule has 0 aromatic carbocycles. The second-order valence-electron chi connectivity index (χ2n) is 4.04. The molecule has 88 valence electrons. The first-order chi connectivity index (χ1) is 6.91. The molecular weight excluding hydrogens is 209 g/mol. The number of Topliss-reactive ketones (excluding diaryl/α,β-unsaturated/α-hetero) is 1. The van der Waals surface area contributed by atoms with Crippen molar-refractivity contribution in [3.05, 3.63) is 0 Å². The van der Waals surface area contributed by atoms with Crippen LogP contribution in [0.25, 0.3) is 0 Å². The minimum atomic E-state index is -4.60. The molecule has 1 N–H and O–H groups in total. The number of aliphatic hydroxyl groups is 1. The summed E-state index contributed by atoms with van der Waals surface area (Å²) in [6.07, 6.45) is -4.07. The molecule has 1 atom stereocenters. The van der Waals surface area contributed by atoms with Crippen molar-refractivity contribution in [3.63, 3.8) is 0 Å². The molecule has 0 aliphatic heterocycles. The molecule has 1 aliphatic carbocycles. The molecule has 1 aliphatic rings. The summed E-state index contributed by atoms with van der Waals surface area (Å²) in [6.45, 7) is 0. The Labute approximate surface area is 86.5 Å². The zero-order valence-electron chi connectivity index (χ0n) is 8.39. The van der Waals surface area contributed by atoms with Crippen molar-refractivity contribution in [2.45, 2.75) is 50.8 Å². The number of carbonyl (C=O) groups is 1. The highest BCUT2D eigenvalue weighted by molar-refractivity contribution is 5.81. The zero-order valence-corrected chi connectivity index (χ0v) is 8.39. The van der Waals surface area contributed by atoms with Crippen LogP contribution >= 0.6 is 0 Å². The Morgan fingerprint density at radius 2 is 1.87 bits per heavy atom. The van der Waals surface area contributed by atoms with E-state index in [9.17, 15) is 18.0 Å². The van der Waals surface area contributed by atoms with Crippen LogP contribution in [0, 0.1) is 5.92 Å². The van der Waals surface area contributed by atoms with Crippen molar-refractivity contribution < 1.29 is 23.1 Å². The SMILES string of the molecule is O=C(CCC(O)C(F)(F)F)C1CCCC1. The molecule has 15 heavy (non-hydrogen) atoms.